The number of aromatic amines is 1. The van der Waals surface area contributed by atoms with Crippen LogP contribution in [-0.4, -0.2) is 52.4 Å². The van der Waals surface area contributed by atoms with Gasteiger partial charge >= 0.3 is 12.1 Å². The topological polar surface area (TPSA) is 135 Å². The number of carbonyl (C=O) groups excluding carboxylic acids is 3. The third kappa shape index (κ3) is 5.10. The lowest BCUT2D eigenvalue weighted by Crippen LogP contribution is -2.60. The predicted octanol–water partition coefficient (Wildman–Crippen LogP) is 2.79. The normalized spacial score (nSPS) is 23.4. The molecular formula is C27H30F3N5O4. The van der Waals surface area contributed by atoms with E-state index in [1.165, 1.54) is 31.7 Å². The molecule has 2 unspecified atom stereocenters. The zero-order valence-electron chi connectivity index (χ0n) is 22.1. The van der Waals surface area contributed by atoms with Gasteiger partial charge in [0.05, 0.1) is 6.07 Å². The van der Waals surface area contributed by atoms with Gasteiger partial charge in [-0.25, -0.2) is 0 Å². The molecule has 12 heteroatoms. The number of nitrogens with one attached hydrogen (secondary N) is 3. The summed E-state index contributed by atoms with van der Waals surface area (Å²) in [6, 6.07) is 6.16. The van der Waals surface area contributed by atoms with E-state index in [1.54, 1.807) is 24.3 Å². The van der Waals surface area contributed by atoms with E-state index in [1.807, 2.05) is 25.2 Å². The monoisotopic (exact) mass is 545 g/mol. The zero-order chi connectivity index (χ0) is 29.1. The molecule has 0 bridgehead atoms. The lowest BCUT2D eigenvalue weighted by atomic mass is 9.85. The quantitative estimate of drug-likeness (QED) is 0.531. The molecule has 2 aliphatic rings. The van der Waals surface area contributed by atoms with Crippen LogP contribution >= 0.6 is 0 Å². The van der Waals surface area contributed by atoms with Gasteiger partial charge in [-0.3, -0.25) is 19.2 Å². The predicted molar refractivity (Wildman–Crippen MR) is 135 cm³/mol. The van der Waals surface area contributed by atoms with Crippen molar-refractivity contribution in [3.05, 3.63) is 46.2 Å². The number of pyridine rings is 1. The van der Waals surface area contributed by atoms with E-state index < -0.39 is 53.0 Å². The van der Waals surface area contributed by atoms with Crippen molar-refractivity contribution in [1.82, 2.24) is 20.5 Å². The van der Waals surface area contributed by atoms with Gasteiger partial charge < -0.3 is 20.5 Å². The van der Waals surface area contributed by atoms with Crippen LogP contribution in [0.3, 0.4) is 0 Å². The number of para-hydroxylation sites is 1. The minimum atomic E-state index is -5.19. The molecule has 3 amide bonds. The van der Waals surface area contributed by atoms with Crippen molar-refractivity contribution in [2.45, 2.75) is 58.9 Å². The summed E-state index contributed by atoms with van der Waals surface area (Å²) in [5, 5.41) is 14.9. The van der Waals surface area contributed by atoms with Gasteiger partial charge in [0.15, 0.2) is 0 Å². The summed E-state index contributed by atoms with van der Waals surface area (Å²) in [6.07, 6.45) is -5.19. The number of benzene rings is 1. The number of nitriles is 1. The van der Waals surface area contributed by atoms with Gasteiger partial charge in [0.25, 0.3) is 0 Å². The van der Waals surface area contributed by atoms with Crippen molar-refractivity contribution in [3.63, 3.8) is 0 Å². The van der Waals surface area contributed by atoms with Crippen molar-refractivity contribution in [3.8, 4) is 6.07 Å². The molecule has 1 saturated carbocycles. The van der Waals surface area contributed by atoms with E-state index in [9.17, 15) is 37.6 Å². The fraction of sp³-hybridized carbons (Fsp3) is 0.519. The molecule has 2 aromatic rings. The Morgan fingerprint density at radius 3 is 2.38 bits per heavy atom. The van der Waals surface area contributed by atoms with Gasteiger partial charge in [0, 0.05) is 29.1 Å². The molecule has 5 atom stereocenters. The second-order valence-electron chi connectivity index (χ2n) is 11.9. The van der Waals surface area contributed by atoms with Gasteiger partial charge in [0.2, 0.25) is 17.4 Å². The van der Waals surface area contributed by atoms with E-state index in [0.717, 1.165) is 0 Å². The first-order chi connectivity index (χ1) is 18.0. The molecular weight excluding hydrogens is 515 g/mol. The average molecular weight is 546 g/mol. The molecule has 4 rings (SSSR count). The number of rotatable bonds is 5. The molecule has 39 heavy (non-hydrogen) atoms. The standard InChI is InChI=1S/C27H30F3N5O4/c1-25(2,3)21(34-24(39)27(28,29)30)23(38)35-12-15-19(26(15,4)5)20(35)22(37)33-17(11-31)14-10-18(36)32-16-9-7-6-8-13(14)16/h6-10,15,17,19-21H,12H2,1-5H3,(H,32,36)(H,33,37)(H,34,39)/t15-,17?,19-,20-,21?/m0/s1. The minimum absolute atomic E-state index is 0.0860. The average Bonchev–Trinajstić information content (AvgIpc) is 3.15. The Bertz CT molecular complexity index is 1440. The number of hydrogen-bond donors (Lipinski definition) is 3. The number of nitrogens with zero attached hydrogens (tertiary/aromatic N) is 2. The summed E-state index contributed by atoms with van der Waals surface area (Å²) >= 11 is 0. The molecule has 2 heterocycles. The molecule has 1 aromatic heterocycles. The van der Waals surface area contributed by atoms with Crippen LogP contribution in [0.15, 0.2) is 35.1 Å². The summed E-state index contributed by atoms with van der Waals surface area (Å²) in [4.78, 5) is 55.2. The molecule has 1 aromatic carbocycles. The van der Waals surface area contributed by atoms with Gasteiger partial charge in [-0.1, -0.05) is 52.8 Å². The number of likely N-dealkylation sites (tertiary alicyclic amines) is 1. The molecule has 0 radical (unpaired) electrons. The van der Waals surface area contributed by atoms with E-state index in [0.29, 0.717) is 10.9 Å². The molecule has 1 aliphatic heterocycles. The Morgan fingerprint density at radius 2 is 1.79 bits per heavy atom. The molecule has 208 valence electrons. The number of alkyl halides is 3. The van der Waals surface area contributed by atoms with Gasteiger partial charge in [0.1, 0.15) is 18.1 Å². The number of hydrogen-bond acceptors (Lipinski definition) is 5. The molecule has 2 fully saturated rings. The smallest absolute Gasteiger partial charge is 0.336 e. The number of amides is 3. The second kappa shape index (κ2) is 9.39. The van der Waals surface area contributed by atoms with Crippen LogP contribution in [0.2, 0.25) is 0 Å². The Morgan fingerprint density at radius 1 is 1.15 bits per heavy atom. The fourth-order valence-corrected chi connectivity index (χ4v) is 5.72. The lowest BCUT2D eigenvalue weighted by Gasteiger charge is -2.37. The number of H-pyrrole nitrogens is 1. The second-order valence-corrected chi connectivity index (χ2v) is 11.9. The van der Waals surface area contributed by atoms with Crippen molar-refractivity contribution in [2.75, 3.05) is 6.54 Å². The Labute approximate surface area is 222 Å². The van der Waals surface area contributed by atoms with E-state index in [2.05, 4.69) is 10.3 Å². The number of halogens is 3. The first kappa shape index (κ1) is 28.1. The van der Waals surface area contributed by atoms with Crippen LogP contribution in [0.4, 0.5) is 13.2 Å². The fourth-order valence-electron chi connectivity index (χ4n) is 5.72. The van der Waals surface area contributed by atoms with Crippen LogP contribution in [0, 0.1) is 34.0 Å². The maximum atomic E-state index is 13.7. The Balaban J connectivity index is 1.66. The Kier molecular flexibility index (Phi) is 6.78. The number of aromatic nitrogens is 1. The third-order valence-electron chi connectivity index (χ3n) is 7.92. The van der Waals surface area contributed by atoms with Crippen LogP contribution in [0.25, 0.3) is 10.9 Å². The maximum Gasteiger partial charge on any atom is 0.471 e. The van der Waals surface area contributed by atoms with Crippen molar-refractivity contribution in [2.24, 2.45) is 22.7 Å². The van der Waals surface area contributed by atoms with E-state index in [-0.39, 0.29) is 29.4 Å². The molecule has 1 saturated heterocycles. The number of carbonyl (C=O) groups is 3. The van der Waals surface area contributed by atoms with Crippen molar-refractivity contribution in [1.29, 1.82) is 5.26 Å². The summed E-state index contributed by atoms with van der Waals surface area (Å²) in [5.74, 6) is -4.09. The summed E-state index contributed by atoms with van der Waals surface area (Å²) in [5.41, 5.74) is -1.13. The van der Waals surface area contributed by atoms with Crippen LogP contribution in [-0.2, 0) is 14.4 Å². The first-order valence-corrected chi connectivity index (χ1v) is 12.5. The SMILES string of the molecule is CC(C)(C)C(NC(=O)C(F)(F)F)C(=O)N1C[C@H]2[C@@H]([C@H]1C(=O)NC(C#N)c1cc(=O)[nH]c3ccccc13)C2(C)C. The van der Waals surface area contributed by atoms with E-state index >= 15 is 0 Å². The highest BCUT2D eigenvalue weighted by Gasteiger charge is 2.70. The molecule has 3 N–H and O–H groups in total. The highest BCUT2D eigenvalue weighted by atomic mass is 19.4. The number of piperidine rings is 1. The molecule has 1 aliphatic carbocycles. The summed E-state index contributed by atoms with van der Waals surface area (Å²) in [7, 11) is 0. The highest BCUT2D eigenvalue weighted by molar-refractivity contribution is 5.95. The van der Waals surface area contributed by atoms with Crippen LogP contribution in [0.5, 0.6) is 0 Å². The largest absolute Gasteiger partial charge is 0.471 e. The minimum Gasteiger partial charge on any atom is -0.336 e. The summed E-state index contributed by atoms with van der Waals surface area (Å²) < 4.78 is 39.1. The van der Waals surface area contributed by atoms with Gasteiger partial charge in [-0.2, -0.15) is 18.4 Å². The van der Waals surface area contributed by atoms with Gasteiger partial charge in [-0.05, 0) is 28.7 Å². The number of fused-ring (bicyclic) bond motifs is 2. The Hall–Kier alpha value is -3.88. The third-order valence-corrected chi connectivity index (χ3v) is 7.92. The molecule has 0 spiro atoms. The van der Waals surface area contributed by atoms with Crippen molar-refractivity contribution < 1.29 is 27.6 Å². The molecule has 9 nitrogen and oxygen atoms in total. The van der Waals surface area contributed by atoms with Crippen molar-refractivity contribution >= 4 is 28.6 Å². The van der Waals surface area contributed by atoms with Crippen LogP contribution < -0.4 is 16.2 Å². The zero-order valence-corrected chi connectivity index (χ0v) is 22.1. The van der Waals surface area contributed by atoms with Gasteiger partial charge in [-0.15, -0.1) is 0 Å². The highest BCUT2D eigenvalue weighted by Crippen LogP contribution is 2.65. The lowest BCUT2D eigenvalue weighted by molar-refractivity contribution is -0.176. The van der Waals surface area contributed by atoms with Crippen LogP contribution in [0.1, 0.15) is 46.2 Å². The maximum absolute atomic E-state index is 13.7. The van der Waals surface area contributed by atoms with E-state index in [4.69, 9.17) is 0 Å². The summed E-state index contributed by atoms with van der Waals surface area (Å²) in [6.45, 7) is 8.55. The first-order valence-electron chi connectivity index (χ1n) is 12.5.